The van der Waals surface area contributed by atoms with Crippen molar-refractivity contribution in [1.82, 2.24) is 24.8 Å². The quantitative estimate of drug-likeness (QED) is 0.412. The Morgan fingerprint density at radius 2 is 1.95 bits per heavy atom. The first-order chi connectivity index (χ1) is 17.7. The molecule has 1 unspecified atom stereocenters. The maximum atomic E-state index is 13.8. The van der Waals surface area contributed by atoms with Crippen molar-refractivity contribution in [2.45, 2.75) is 38.8 Å². The number of rotatable bonds is 6. The molecule has 1 aliphatic heterocycles. The monoisotopic (exact) mass is 503 g/mol. The molecule has 1 amide bonds. The van der Waals surface area contributed by atoms with E-state index in [1.165, 1.54) is 0 Å². The molecule has 1 atom stereocenters. The number of hydrogen-bond acceptors (Lipinski definition) is 7. The van der Waals surface area contributed by atoms with Crippen LogP contribution in [0.5, 0.6) is 0 Å². The average molecular weight is 504 g/mol. The lowest BCUT2D eigenvalue weighted by Gasteiger charge is -2.28. The molecule has 0 radical (unpaired) electrons. The smallest absolute Gasteiger partial charge is 0.266 e. The molecule has 1 aromatic carbocycles. The Labute approximate surface area is 213 Å². The zero-order chi connectivity index (χ0) is 26.2. The summed E-state index contributed by atoms with van der Waals surface area (Å²) in [6.07, 6.45) is 4.68. The molecule has 5 rings (SSSR count). The number of carbonyl (C=O) groups excluding carboxylic acids is 1. The highest BCUT2D eigenvalue weighted by Gasteiger charge is 2.38. The third-order valence-corrected chi connectivity index (χ3v) is 6.66. The average Bonchev–Trinajstić information content (AvgIpc) is 3.27. The third-order valence-electron chi connectivity index (χ3n) is 6.66. The van der Waals surface area contributed by atoms with Crippen LogP contribution in [0, 0.1) is 6.92 Å². The van der Waals surface area contributed by atoms with Crippen LogP contribution in [-0.4, -0.2) is 49.8 Å². The Hall–Kier alpha value is -4.21. The number of nitrogens with zero attached hydrogens (tertiary/aromatic N) is 6. The maximum Gasteiger partial charge on any atom is 0.266 e. The van der Waals surface area contributed by atoms with Crippen LogP contribution in [0.2, 0.25) is 0 Å². The number of hydrogen-bond donors (Lipinski definition) is 1. The lowest BCUT2D eigenvalue weighted by Crippen LogP contribution is -2.34. The van der Waals surface area contributed by atoms with E-state index in [1.54, 1.807) is 64.8 Å². The Morgan fingerprint density at radius 3 is 2.62 bits per heavy atom. The molecule has 190 valence electrons. The van der Waals surface area contributed by atoms with Gasteiger partial charge in [0.15, 0.2) is 0 Å². The minimum atomic E-state index is -2.69. The summed E-state index contributed by atoms with van der Waals surface area (Å²) in [6, 6.07) is 12.0. The van der Waals surface area contributed by atoms with E-state index in [0.29, 0.717) is 34.1 Å². The second-order valence-corrected chi connectivity index (χ2v) is 9.35. The van der Waals surface area contributed by atoms with E-state index in [-0.39, 0.29) is 32.0 Å². The fourth-order valence-electron chi connectivity index (χ4n) is 4.47. The Morgan fingerprint density at radius 1 is 1.16 bits per heavy atom. The van der Waals surface area contributed by atoms with E-state index in [9.17, 15) is 13.6 Å². The summed E-state index contributed by atoms with van der Waals surface area (Å²) < 4.78 is 27.3. The number of anilines is 2. The first-order valence-electron chi connectivity index (χ1n) is 12.0. The summed E-state index contributed by atoms with van der Waals surface area (Å²) in [5.74, 6) is -1.96. The van der Waals surface area contributed by atoms with Gasteiger partial charge in [-0.1, -0.05) is 0 Å². The molecule has 1 saturated heterocycles. The van der Waals surface area contributed by atoms with Crippen LogP contribution in [0.25, 0.3) is 10.9 Å². The van der Waals surface area contributed by atoms with Crippen LogP contribution >= 0.6 is 0 Å². The summed E-state index contributed by atoms with van der Waals surface area (Å²) in [5, 5.41) is 0.811. The highest BCUT2D eigenvalue weighted by atomic mass is 19.3. The highest BCUT2D eigenvalue weighted by molar-refractivity contribution is 5.98. The molecule has 4 heterocycles. The van der Waals surface area contributed by atoms with Gasteiger partial charge in [-0.15, -0.1) is 0 Å². The molecule has 0 aliphatic carbocycles. The number of carbonyl (C=O) groups is 1. The molecular weight excluding hydrogens is 476 g/mol. The molecule has 3 aromatic heterocycles. The normalized spacial score (nSPS) is 15.6. The van der Waals surface area contributed by atoms with Gasteiger partial charge in [0.25, 0.3) is 11.8 Å². The van der Waals surface area contributed by atoms with Gasteiger partial charge in [-0.05, 0) is 61.9 Å². The molecule has 1 aliphatic rings. The molecular formula is C27H27F2N7O. The third kappa shape index (κ3) is 5.18. The van der Waals surface area contributed by atoms with E-state index < -0.39 is 12.0 Å². The number of alkyl halides is 2. The standard InChI is InChI=1S/C27H27F2N7O/c1-17-12-20-13-19(4-7-23(20)34-24(17)30)26(37)36(18(2)25-31-9-3-10-32-25)15-21-5-6-22(14-33-21)35-11-8-27(28,29)16-35/h3-7,9-10,12-14,18H,8,11,15-16H2,1-2H3,(H2,30,34). The van der Waals surface area contributed by atoms with Crippen LogP contribution in [0.15, 0.2) is 61.1 Å². The molecule has 0 saturated carbocycles. The van der Waals surface area contributed by atoms with Crippen LogP contribution in [0.3, 0.4) is 0 Å². The second-order valence-electron chi connectivity index (χ2n) is 9.35. The van der Waals surface area contributed by atoms with Crippen molar-refractivity contribution in [3.63, 3.8) is 0 Å². The molecule has 37 heavy (non-hydrogen) atoms. The van der Waals surface area contributed by atoms with Crippen LogP contribution in [0.4, 0.5) is 20.3 Å². The van der Waals surface area contributed by atoms with E-state index in [1.807, 2.05) is 19.9 Å². The largest absolute Gasteiger partial charge is 0.383 e. The van der Waals surface area contributed by atoms with Gasteiger partial charge >= 0.3 is 0 Å². The SMILES string of the molecule is Cc1cc2cc(C(=O)N(Cc3ccc(N4CCC(F)(F)C4)cn3)C(C)c3ncccn3)ccc2nc1N. The lowest BCUT2D eigenvalue weighted by molar-refractivity contribution is 0.0257. The number of amides is 1. The maximum absolute atomic E-state index is 13.8. The summed E-state index contributed by atoms with van der Waals surface area (Å²) >= 11 is 0. The second kappa shape index (κ2) is 9.68. The van der Waals surface area contributed by atoms with Crippen molar-refractivity contribution in [1.29, 1.82) is 0 Å². The number of pyridine rings is 2. The van der Waals surface area contributed by atoms with Crippen molar-refractivity contribution >= 4 is 28.3 Å². The highest BCUT2D eigenvalue weighted by Crippen LogP contribution is 2.31. The number of nitrogen functional groups attached to an aromatic ring is 1. The number of fused-ring (bicyclic) bond motifs is 1. The van der Waals surface area contributed by atoms with Gasteiger partial charge in [0.2, 0.25) is 0 Å². The molecule has 1 fully saturated rings. The van der Waals surface area contributed by atoms with Crippen LogP contribution in [-0.2, 0) is 6.54 Å². The van der Waals surface area contributed by atoms with Crippen molar-refractivity contribution in [2.75, 3.05) is 23.7 Å². The predicted molar refractivity (Wildman–Crippen MR) is 137 cm³/mol. The topological polar surface area (TPSA) is 101 Å². The van der Waals surface area contributed by atoms with Gasteiger partial charge in [-0.2, -0.15) is 0 Å². The van der Waals surface area contributed by atoms with Crippen LogP contribution in [0.1, 0.15) is 46.8 Å². The number of aryl methyl sites for hydroxylation is 1. The molecule has 0 bridgehead atoms. The first kappa shape index (κ1) is 24.5. The number of aromatic nitrogens is 4. The summed E-state index contributed by atoms with van der Waals surface area (Å²) in [4.78, 5) is 34.7. The Bertz CT molecular complexity index is 1430. The fraction of sp³-hybridized carbons (Fsp3) is 0.296. The van der Waals surface area contributed by atoms with Gasteiger partial charge in [0.1, 0.15) is 11.6 Å². The summed E-state index contributed by atoms with van der Waals surface area (Å²) in [6.45, 7) is 3.88. The van der Waals surface area contributed by atoms with Crippen molar-refractivity contribution < 1.29 is 13.6 Å². The van der Waals surface area contributed by atoms with Crippen molar-refractivity contribution in [3.8, 4) is 0 Å². The Balaban J connectivity index is 1.44. The Kier molecular flexibility index (Phi) is 6.41. The minimum Gasteiger partial charge on any atom is -0.383 e. The molecule has 2 N–H and O–H groups in total. The van der Waals surface area contributed by atoms with Crippen molar-refractivity contribution in [2.24, 2.45) is 0 Å². The summed E-state index contributed by atoms with van der Waals surface area (Å²) in [7, 11) is 0. The van der Waals surface area contributed by atoms with E-state index >= 15 is 0 Å². The van der Waals surface area contributed by atoms with E-state index in [4.69, 9.17) is 5.73 Å². The number of benzene rings is 1. The molecule has 4 aromatic rings. The first-order valence-corrected chi connectivity index (χ1v) is 12.0. The predicted octanol–water partition coefficient (Wildman–Crippen LogP) is 4.56. The zero-order valence-corrected chi connectivity index (χ0v) is 20.6. The van der Waals surface area contributed by atoms with Crippen molar-refractivity contribution in [3.05, 3.63) is 83.7 Å². The van der Waals surface area contributed by atoms with Crippen LogP contribution < -0.4 is 10.6 Å². The molecule has 8 nitrogen and oxygen atoms in total. The van der Waals surface area contributed by atoms with Gasteiger partial charge in [0.05, 0.1) is 42.2 Å². The molecule has 0 spiro atoms. The number of nitrogens with two attached hydrogens (primary N) is 1. The lowest BCUT2D eigenvalue weighted by atomic mass is 10.1. The van der Waals surface area contributed by atoms with Gasteiger partial charge < -0.3 is 15.5 Å². The van der Waals surface area contributed by atoms with Gasteiger partial charge in [-0.3, -0.25) is 9.78 Å². The molecule has 10 heteroatoms. The van der Waals surface area contributed by atoms with Gasteiger partial charge in [0, 0.05) is 36.3 Å². The fourth-order valence-corrected chi connectivity index (χ4v) is 4.47. The number of halogens is 2. The van der Waals surface area contributed by atoms with Gasteiger partial charge in [-0.25, -0.2) is 23.7 Å². The zero-order valence-electron chi connectivity index (χ0n) is 20.6. The van der Waals surface area contributed by atoms with E-state index in [0.717, 1.165) is 10.9 Å². The summed E-state index contributed by atoms with van der Waals surface area (Å²) in [5.41, 5.74) is 9.22. The minimum absolute atomic E-state index is 0.168. The van der Waals surface area contributed by atoms with E-state index in [2.05, 4.69) is 19.9 Å².